The summed E-state index contributed by atoms with van der Waals surface area (Å²) in [5.74, 6) is -9.86. The number of likely N-dealkylation sites (N-methyl/N-ethyl adjacent to an activating group) is 3. The smallest absolute Gasteiger partial charge is 0.344 e. The minimum Gasteiger partial charge on any atom is -0.479 e. The fraction of sp³-hybridized carbons (Fsp3) is 0.778. The molecule has 40 heavy (non-hydrogen) atoms. The number of nitrogens with one attached hydrogen (secondary N) is 3. The van der Waals surface area contributed by atoms with Gasteiger partial charge in [0, 0.05) is 0 Å². The van der Waals surface area contributed by atoms with Crippen LogP contribution in [0, 0.1) is 11.8 Å². The molecule has 0 aliphatic heterocycles. The summed E-state index contributed by atoms with van der Waals surface area (Å²) in [4.78, 5) is 78.7. The zero-order chi connectivity index (χ0) is 31.8. The van der Waals surface area contributed by atoms with Crippen LogP contribution in [-0.4, -0.2) is 111 Å². The van der Waals surface area contributed by atoms with E-state index in [2.05, 4.69) is 16.0 Å². The van der Waals surface area contributed by atoms with E-state index < -0.39 is 88.6 Å². The first-order valence-corrected chi connectivity index (χ1v) is 13.4. The Balaban J connectivity index is 7.02. The first-order chi connectivity index (χ1) is 18.3. The van der Waals surface area contributed by atoms with Crippen molar-refractivity contribution >= 4 is 34.9 Å². The van der Waals surface area contributed by atoms with Crippen molar-refractivity contribution in [3.63, 3.8) is 0 Å². The van der Waals surface area contributed by atoms with Crippen molar-refractivity contribution in [2.45, 2.75) is 102 Å². The fourth-order valence-corrected chi connectivity index (χ4v) is 4.50. The van der Waals surface area contributed by atoms with Crippen molar-refractivity contribution in [2.75, 3.05) is 21.1 Å². The molecule has 0 aromatic rings. The minimum absolute atomic E-state index is 0.331. The second-order valence-electron chi connectivity index (χ2n) is 10.7. The van der Waals surface area contributed by atoms with Gasteiger partial charge in [0.2, 0.25) is 11.4 Å². The number of aliphatic hydroxyl groups is 3. The molecule has 0 aliphatic rings. The van der Waals surface area contributed by atoms with E-state index in [0.717, 1.165) is 6.92 Å². The van der Waals surface area contributed by atoms with Gasteiger partial charge in [0.1, 0.15) is 0 Å². The molecule has 0 saturated carbocycles. The molecule has 0 amide bonds. The Labute approximate surface area is 235 Å². The van der Waals surface area contributed by atoms with Crippen LogP contribution in [0.1, 0.15) is 67.2 Å². The quantitative estimate of drug-likeness (QED) is 0.0851. The van der Waals surface area contributed by atoms with Gasteiger partial charge in [-0.2, -0.15) is 0 Å². The molecule has 230 valence electrons. The Morgan fingerprint density at radius 2 is 1.15 bits per heavy atom. The number of hydrogen-bond donors (Lipinski definition) is 7. The standard InChI is InChI=1S/C27H47N3O10/c1-10-14(3)19(29-8)17(31)12-27(40,24(36)37)23(35)26(39,22(34)20(30-9)15(4)11-2)13-18(32)25(6,38)21(33)16(5)28-7/h14-16,19-20,28-30,38-40H,10-13H2,1-9H3,(H,36,37)/t14?,15?,16-,19-,20-,25?,26?,27?/m1/s1. The summed E-state index contributed by atoms with van der Waals surface area (Å²) in [5.41, 5.74) is -9.94. The topological polar surface area (TPSA) is 219 Å². The third-order valence-corrected chi connectivity index (χ3v) is 7.89. The monoisotopic (exact) mass is 573 g/mol. The lowest BCUT2D eigenvalue weighted by Gasteiger charge is -2.37. The molecule has 13 heteroatoms. The fourth-order valence-electron chi connectivity index (χ4n) is 4.50. The Morgan fingerprint density at radius 1 is 0.700 bits per heavy atom. The van der Waals surface area contributed by atoms with Crippen molar-refractivity contribution in [3.8, 4) is 0 Å². The van der Waals surface area contributed by atoms with Crippen molar-refractivity contribution in [1.29, 1.82) is 0 Å². The molecule has 0 aliphatic carbocycles. The summed E-state index contributed by atoms with van der Waals surface area (Å²) in [5, 5.41) is 51.3. The van der Waals surface area contributed by atoms with Crippen LogP contribution in [0.25, 0.3) is 0 Å². The van der Waals surface area contributed by atoms with Crippen LogP contribution in [0.5, 0.6) is 0 Å². The predicted octanol–water partition coefficient (Wildman–Crippen LogP) is -1.21. The molecule has 0 aromatic carbocycles. The number of carboxylic acid groups (broad SMARTS) is 1. The number of ketones is 5. The number of carbonyl (C=O) groups is 6. The highest BCUT2D eigenvalue weighted by Crippen LogP contribution is 2.31. The summed E-state index contributed by atoms with van der Waals surface area (Å²) < 4.78 is 0. The minimum atomic E-state index is -3.62. The first kappa shape index (κ1) is 37.6. The summed E-state index contributed by atoms with van der Waals surface area (Å²) in [6.45, 7) is 8.92. The molecule has 0 saturated heterocycles. The SMILES string of the molecule is CCC(C)[C@@H](NC)C(=O)CC(O)(C(=O)O)C(=O)C(O)(CC(=O)C(C)(O)C(=O)[C@@H](C)NC)C(=O)[C@H](NC)C(C)CC. The summed E-state index contributed by atoms with van der Waals surface area (Å²) >= 11 is 0. The first-order valence-electron chi connectivity index (χ1n) is 13.4. The van der Waals surface area contributed by atoms with Crippen molar-refractivity contribution in [3.05, 3.63) is 0 Å². The molecular formula is C27H47N3O10. The summed E-state index contributed by atoms with van der Waals surface area (Å²) in [6.07, 6.45) is -2.01. The molecule has 0 radical (unpaired) electrons. The van der Waals surface area contributed by atoms with Gasteiger partial charge in [0.05, 0.1) is 31.0 Å². The van der Waals surface area contributed by atoms with Crippen LogP contribution < -0.4 is 16.0 Å². The Kier molecular flexibility index (Phi) is 14.1. The van der Waals surface area contributed by atoms with Crippen LogP contribution in [0.2, 0.25) is 0 Å². The maximum Gasteiger partial charge on any atom is 0.344 e. The largest absolute Gasteiger partial charge is 0.479 e. The zero-order valence-corrected chi connectivity index (χ0v) is 25.0. The van der Waals surface area contributed by atoms with E-state index in [1.54, 1.807) is 27.7 Å². The van der Waals surface area contributed by atoms with E-state index in [1.165, 1.54) is 28.1 Å². The molecular weight excluding hydrogens is 526 g/mol. The van der Waals surface area contributed by atoms with E-state index in [9.17, 15) is 49.2 Å². The van der Waals surface area contributed by atoms with Crippen LogP contribution in [-0.2, 0) is 28.8 Å². The number of rotatable bonds is 20. The van der Waals surface area contributed by atoms with Crippen molar-refractivity contribution < 1.29 is 49.2 Å². The molecule has 0 bridgehead atoms. The predicted molar refractivity (Wildman–Crippen MR) is 146 cm³/mol. The Bertz CT molecular complexity index is 968. The van der Waals surface area contributed by atoms with Gasteiger partial charge in [-0.3, -0.25) is 24.0 Å². The summed E-state index contributed by atoms with van der Waals surface area (Å²) in [6, 6.07) is -3.32. The lowest BCUT2D eigenvalue weighted by molar-refractivity contribution is -0.181. The zero-order valence-electron chi connectivity index (χ0n) is 25.0. The third-order valence-electron chi connectivity index (χ3n) is 7.89. The van der Waals surface area contributed by atoms with E-state index in [-0.39, 0.29) is 5.92 Å². The number of carboxylic acids is 1. The molecule has 7 N–H and O–H groups in total. The van der Waals surface area contributed by atoms with E-state index in [0.29, 0.717) is 12.8 Å². The lowest BCUT2D eigenvalue weighted by atomic mass is 9.71. The van der Waals surface area contributed by atoms with E-state index in [4.69, 9.17) is 0 Å². The van der Waals surface area contributed by atoms with E-state index in [1.807, 2.05) is 0 Å². The average molecular weight is 574 g/mol. The maximum absolute atomic E-state index is 13.8. The molecule has 0 heterocycles. The van der Waals surface area contributed by atoms with Gasteiger partial charge in [-0.1, -0.05) is 40.5 Å². The maximum atomic E-state index is 13.8. The third kappa shape index (κ3) is 7.86. The lowest BCUT2D eigenvalue weighted by Crippen LogP contribution is -2.67. The number of Topliss-reactive ketones (excluding diaryl/α,β-unsaturated/α-hetero) is 5. The second kappa shape index (κ2) is 15.0. The van der Waals surface area contributed by atoms with Gasteiger partial charge in [-0.25, -0.2) is 4.79 Å². The molecule has 0 fully saturated rings. The van der Waals surface area contributed by atoms with Crippen LogP contribution in [0.3, 0.4) is 0 Å². The van der Waals surface area contributed by atoms with Gasteiger partial charge in [-0.05, 0) is 46.8 Å². The molecule has 0 spiro atoms. The average Bonchev–Trinajstić information content (AvgIpc) is 2.91. The number of carbonyl (C=O) groups excluding carboxylic acids is 5. The highest BCUT2D eigenvalue weighted by atomic mass is 16.4. The van der Waals surface area contributed by atoms with E-state index >= 15 is 0 Å². The second-order valence-corrected chi connectivity index (χ2v) is 10.7. The molecule has 8 atom stereocenters. The highest BCUT2D eigenvalue weighted by molar-refractivity contribution is 6.25. The van der Waals surface area contributed by atoms with Crippen molar-refractivity contribution in [1.82, 2.24) is 16.0 Å². The van der Waals surface area contributed by atoms with Gasteiger partial charge >= 0.3 is 5.97 Å². The van der Waals surface area contributed by atoms with Crippen molar-refractivity contribution in [2.24, 2.45) is 11.8 Å². The number of hydrogen-bond acceptors (Lipinski definition) is 12. The van der Waals surface area contributed by atoms with Gasteiger partial charge in [0.15, 0.2) is 34.3 Å². The Hall–Kier alpha value is -2.42. The molecule has 0 aromatic heterocycles. The molecule has 5 unspecified atom stereocenters. The Morgan fingerprint density at radius 3 is 1.52 bits per heavy atom. The van der Waals surface area contributed by atoms with Gasteiger partial charge in [-0.15, -0.1) is 0 Å². The van der Waals surface area contributed by atoms with Crippen LogP contribution in [0.15, 0.2) is 0 Å². The molecule has 0 rings (SSSR count). The number of aliphatic carboxylic acids is 1. The molecule has 13 nitrogen and oxygen atoms in total. The van der Waals surface area contributed by atoms with Gasteiger partial charge in [0.25, 0.3) is 0 Å². The van der Waals surface area contributed by atoms with Gasteiger partial charge < -0.3 is 36.4 Å². The highest BCUT2D eigenvalue weighted by Gasteiger charge is 2.61. The van der Waals surface area contributed by atoms with Crippen LogP contribution >= 0.6 is 0 Å². The van der Waals surface area contributed by atoms with Crippen LogP contribution in [0.4, 0.5) is 0 Å². The normalized spacial score (nSPS) is 20.0. The summed E-state index contributed by atoms with van der Waals surface area (Å²) in [7, 11) is 4.16.